The minimum Gasteiger partial charge on any atom is -0.392 e. The Labute approximate surface area is 122 Å². The maximum atomic E-state index is 12.3. The molecule has 0 radical (unpaired) electrons. The number of rotatable bonds is 5. The summed E-state index contributed by atoms with van der Waals surface area (Å²) in [6.45, 7) is 1.44. The van der Waals surface area contributed by atoms with Gasteiger partial charge >= 0.3 is 0 Å². The van der Waals surface area contributed by atoms with Crippen molar-refractivity contribution in [2.75, 3.05) is 0 Å². The van der Waals surface area contributed by atoms with Crippen molar-refractivity contribution in [2.24, 2.45) is 5.92 Å². The molecule has 0 aliphatic heterocycles. The number of sulfonamides is 1. The van der Waals surface area contributed by atoms with Crippen LogP contribution in [0.1, 0.15) is 25.3 Å². The molecule has 1 aromatic carbocycles. The minimum absolute atomic E-state index is 0.0227. The largest absolute Gasteiger partial charge is 0.392 e. The van der Waals surface area contributed by atoms with Crippen LogP contribution in [0.2, 0.25) is 10.0 Å². The molecule has 19 heavy (non-hydrogen) atoms. The lowest BCUT2D eigenvalue weighted by Crippen LogP contribution is -2.34. The molecule has 0 bridgehead atoms. The minimum atomic E-state index is -3.70. The average molecular weight is 324 g/mol. The highest BCUT2D eigenvalue weighted by Crippen LogP contribution is 2.35. The Hall–Kier alpha value is -0.330. The number of benzene rings is 1. The third-order valence-corrected chi connectivity index (χ3v) is 5.77. The molecule has 2 rings (SSSR count). The normalized spacial score (nSPS) is 17.5. The summed E-state index contributed by atoms with van der Waals surface area (Å²) in [4.78, 5) is -0.0462. The highest BCUT2D eigenvalue weighted by Gasteiger charge is 2.32. The highest BCUT2D eigenvalue weighted by molar-refractivity contribution is 7.89. The first-order chi connectivity index (χ1) is 8.86. The quantitative estimate of drug-likeness (QED) is 0.875. The second-order valence-corrected chi connectivity index (χ2v) is 7.21. The van der Waals surface area contributed by atoms with E-state index >= 15 is 0 Å². The molecule has 1 saturated carbocycles. The van der Waals surface area contributed by atoms with Crippen LogP contribution in [0.4, 0.5) is 0 Å². The van der Waals surface area contributed by atoms with Crippen LogP contribution >= 0.6 is 23.2 Å². The molecule has 0 saturated heterocycles. The molecular formula is C12H15Cl2NO3S. The molecule has 0 heterocycles. The van der Waals surface area contributed by atoms with Gasteiger partial charge in [0.2, 0.25) is 10.0 Å². The molecule has 7 heteroatoms. The van der Waals surface area contributed by atoms with Gasteiger partial charge in [-0.15, -0.1) is 0 Å². The smallest absolute Gasteiger partial charge is 0.242 e. The number of aliphatic hydroxyl groups excluding tert-OH is 1. The summed E-state index contributed by atoms with van der Waals surface area (Å²) >= 11 is 11.9. The van der Waals surface area contributed by atoms with Gasteiger partial charge in [0.15, 0.2) is 0 Å². The Morgan fingerprint density at radius 1 is 1.42 bits per heavy atom. The summed E-state index contributed by atoms with van der Waals surface area (Å²) in [7, 11) is -3.70. The van der Waals surface area contributed by atoms with E-state index in [-0.39, 0.29) is 26.5 Å². The zero-order valence-corrected chi connectivity index (χ0v) is 12.7. The van der Waals surface area contributed by atoms with Gasteiger partial charge in [-0.05, 0) is 37.8 Å². The van der Waals surface area contributed by atoms with Gasteiger partial charge in [0.05, 0.1) is 11.6 Å². The fourth-order valence-electron chi connectivity index (χ4n) is 1.93. The molecule has 106 valence electrons. The van der Waals surface area contributed by atoms with E-state index in [9.17, 15) is 13.5 Å². The third kappa shape index (κ3) is 3.23. The maximum absolute atomic E-state index is 12.3. The number of hydrogen-bond acceptors (Lipinski definition) is 3. The number of nitrogens with one attached hydrogen (secondary N) is 1. The second-order valence-electron chi connectivity index (χ2n) is 4.74. The van der Waals surface area contributed by atoms with Crippen molar-refractivity contribution in [3.05, 3.63) is 27.7 Å². The van der Waals surface area contributed by atoms with Crippen LogP contribution in [-0.2, 0) is 16.6 Å². The van der Waals surface area contributed by atoms with E-state index in [4.69, 9.17) is 23.2 Å². The first kappa shape index (κ1) is 15.1. The van der Waals surface area contributed by atoms with E-state index in [0.717, 1.165) is 12.8 Å². The van der Waals surface area contributed by atoms with Gasteiger partial charge in [0.1, 0.15) is 4.90 Å². The summed E-state index contributed by atoms with van der Waals surface area (Å²) in [5.41, 5.74) is 0.227. The summed E-state index contributed by atoms with van der Waals surface area (Å²) < 4.78 is 27.1. The van der Waals surface area contributed by atoms with Crippen LogP contribution in [0.3, 0.4) is 0 Å². The summed E-state index contributed by atoms with van der Waals surface area (Å²) in [6.07, 6.45) is 2.08. The summed E-state index contributed by atoms with van der Waals surface area (Å²) in [5.74, 6) is 0.401. The fourth-order valence-corrected chi connectivity index (χ4v) is 4.14. The highest BCUT2D eigenvalue weighted by atomic mass is 35.5. The Morgan fingerprint density at radius 2 is 2.05 bits per heavy atom. The molecule has 1 atom stereocenters. The Bertz CT molecular complexity index is 585. The van der Waals surface area contributed by atoms with Gasteiger partial charge in [0, 0.05) is 16.6 Å². The van der Waals surface area contributed by atoms with Crippen molar-refractivity contribution in [3.63, 3.8) is 0 Å². The van der Waals surface area contributed by atoms with E-state index in [1.165, 1.54) is 12.1 Å². The zero-order valence-electron chi connectivity index (χ0n) is 10.4. The molecular weight excluding hydrogens is 309 g/mol. The fraction of sp³-hybridized carbons (Fsp3) is 0.500. The Morgan fingerprint density at radius 3 is 2.58 bits per heavy atom. The zero-order chi connectivity index (χ0) is 14.2. The molecule has 0 amide bonds. The maximum Gasteiger partial charge on any atom is 0.242 e. The summed E-state index contributed by atoms with van der Waals surface area (Å²) in [6, 6.07) is 2.66. The lowest BCUT2D eigenvalue weighted by molar-refractivity contribution is 0.281. The van der Waals surface area contributed by atoms with Crippen molar-refractivity contribution in [1.29, 1.82) is 0 Å². The first-order valence-electron chi connectivity index (χ1n) is 5.97. The lowest BCUT2D eigenvalue weighted by atomic mass is 10.2. The number of hydrogen-bond donors (Lipinski definition) is 2. The molecule has 1 aromatic rings. The first-order valence-corrected chi connectivity index (χ1v) is 8.20. The molecule has 0 spiro atoms. The van der Waals surface area contributed by atoms with Crippen LogP contribution in [0.15, 0.2) is 17.0 Å². The van der Waals surface area contributed by atoms with Gasteiger partial charge in [-0.3, -0.25) is 0 Å². The Kier molecular flexibility index (Phi) is 4.42. The molecule has 1 aliphatic carbocycles. The van der Waals surface area contributed by atoms with Crippen LogP contribution in [0.25, 0.3) is 0 Å². The van der Waals surface area contributed by atoms with E-state index in [0.29, 0.717) is 5.92 Å². The molecule has 4 nitrogen and oxygen atoms in total. The van der Waals surface area contributed by atoms with E-state index in [1.807, 2.05) is 6.92 Å². The molecule has 1 aliphatic rings. The summed E-state index contributed by atoms with van der Waals surface area (Å²) in [5, 5.41) is 9.41. The van der Waals surface area contributed by atoms with E-state index < -0.39 is 16.6 Å². The van der Waals surface area contributed by atoms with Gasteiger partial charge in [-0.1, -0.05) is 23.2 Å². The molecule has 1 unspecified atom stereocenters. The van der Waals surface area contributed by atoms with E-state index in [1.54, 1.807) is 0 Å². The molecule has 2 N–H and O–H groups in total. The predicted octanol–water partition coefficient (Wildman–Crippen LogP) is 2.56. The van der Waals surface area contributed by atoms with Crippen molar-refractivity contribution in [1.82, 2.24) is 4.72 Å². The monoisotopic (exact) mass is 323 g/mol. The van der Waals surface area contributed by atoms with Crippen LogP contribution < -0.4 is 4.72 Å². The van der Waals surface area contributed by atoms with Crippen LogP contribution in [0, 0.1) is 5.92 Å². The number of halogens is 2. The predicted molar refractivity (Wildman–Crippen MR) is 74.9 cm³/mol. The molecule has 1 fully saturated rings. The third-order valence-electron chi connectivity index (χ3n) is 3.27. The lowest BCUT2D eigenvalue weighted by Gasteiger charge is -2.15. The van der Waals surface area contributed by atoms with Gasteiger partial charge in [-0.2, -0.15) is 0 Å². The molecule has 0 aromatic heterocycles. The second kappa shape index (κ2) is 5.58. The topological polar surface area (TPSA) is 66.4 Å². The number of aliphatic hydroxyl groups is 1. The van der Waals surface area contributed by atoms with Gasteiger partial charge < -0.3 is 5.11 Å². The van der Waals surface area contributed by atoms with Gasteiger partial charge in [0.25, 0.3) is 0 Å². The Balaban J connectivity index is 2.34. The SMILES string of the molecule is CC(NS(=O)(=O)c1ccc(Cl)c(CO)c1Cl)C1CC1. The van der Waals surface area contributed by atoms with Crippen molar-refractivity contribution < 1.29 is 13.5 Å². The van der Waals surface area contributed by atoms with Crippen molar-refractivity contribution in [3.8, 4) is 0 Å². The van der Waals surface area contributed by atoms with Crippen molar-refractivity contribution in [2.45, 2.75) is 37.3 Å². The van der Waals surface area contributed by atoms with Crippen LogP contribution in [0.5, 0.6) is 0 Å². The van der Waals surface area contributed by atoms with Crippen molar-refractivity contribution >= 4 is 33.2 Å². The van der Waals surface area contributed by atoms with Crippen LogP contribution in [-0.4, -0.2) is 19.6 Å². The van der Waals surface area contributed by atoms with E-state index in [2.05, 4.69) is 4.72 Å². The standard InChI is InChI=1S/C12H15Cl2NO3S/c1-7(8-2-3-8)15-19(17,18)11-5-4-10(13)9(6-16)12(11)14/h4-5,7-8,15-16H,2-3,6H2,1H3. The van der Waals surface area contributed by atoms with Gasteiger partial charge in [-0.25, -0.2) is 13.1 Å². The average Bonchev–Trinajstić information content (AvgIpc) is 3.12.